The van der Waals surface area contributed by atoms with Gasteiger partial charge >= 0.3 is 10.1 Å². The molecule has 0 atom stereocenters. The fraction of sp³-hybridized carbons (Fsp3) is 0.111. The van der Waals surface area contributed by atoms with Crippen molar-refractivity contribution < 1.29 is 17.7 Å². The van der Waals surface area contributed by atoms with E-state index in [9.17, 15) is 8.42 Å². The molecule has 0 saturated carbocycles. The van der Waals surface area contributed by atoms with Gasteiger partial charge in [-0.3, -0.25) is 4.55 Å². The van der Waals surface area contributed by atoms with Crippen molar-refractivity contribution in [3.05, 3.63) is 12.1 Å². The predicted octanol–water partition coefficient (Wildman–Crippen LogP) is 2.12. The van der Waals surface area contributed by atoms with Gasteiger partial charge in [0, 0.05) is 0 Å². The average molecular weight is 302 g/mol. The van der Waals surface area contributed by atoms with Crippen LogP contribution in [0.4, 0.5) is 0 Å². The van der Waals surface area contributed by atoms with Crippen LogP contribution in [0.15, 0.2) is 21.4 Å². The van der Waals surface area contributed by atoms with Crippen LogP contribution in [0.25, 0.3) is 10.2 Å². The summed E-state index contributed by atoms with van der Waals surface area (Å²) in [7, 11) is -4.32. The summed E-state index contributed by atoms with van der Waals surface area (Å²) < 4.78 is 36.0. The van der Waals surface area contributed by atoms with Crippen LogP contribution in [0.3, 0.4) is 0 Å². The van der Waals surface area contributed by atoms with E-state index >= 15 is 0 Å². The molecule has 9 heteroatoms. The van der Waals surface area contributed by atoms with Gasteiger partial charge in [0.1, 0.15) is 5.52 Å². The number of thiazole rings is 1. The van der Waals surface area contributed by atoms with E-state index in [-0.39, 0.29) is 4.34 Å². The maximum atomic E-state index is 11.0. The molecule has 0 unspecified atom stereocenters. The molecular weight excluding hydrogens is 296 g/mol. The van der Waals surface area contributed by atoms with E-state index in [0.29, 0.717) is 20.9 Å². The first kappa shape index (κ1) is 13.1. The minimum Gasteiger partial charge on any atom is -0.387 e. The Morgan fingerprint density at radius 1 is 1.56 bits per heavy atom. The summed E-state index contributed by atoms with van der Waals surface area (Å²) in [5, 5.41) is 8.51. The molecule has 0 saturated heterocycles. The Bertz CT molecular complexity index is 745. The Morgan fingerprint density at radius 3 is 2.83 bits per heavy atom. The summed E-state index contributed by atoms with van der Waals surface area (Å²) in [4.78, 5) is 4.42. The molecule has 0 fully saturated rings. The Labute approximate surface area is 111 Å². The summed E-state index contributed by atoms with van der Waals surface area (Å²) >= 11 is 2.14. The Hall–Kier alpha value is -1.34. The maximum absolute atomic E-state index is 11.0. The number of benzene rings is 1. The molecule has 0 bridgehead atoms. The van der Waals surface area contributed by atoms with Gasteiger partial charge in [0.2, 0.25) is 4.34 Å². The third kappa shape index (κ3) is 2.28. The molecule has 0 aliphatic rings. The number of hydrogen-bond acceptors (Lipinski definition) is 7. The van der Waals surface area contributed by atoms with Crippen molar-refractivity contribution in [2.24, 2.45) is 0 Å². The smallest absolute Gasteiger partial charge is 0.322 e. The fourth-order valence-electron chi connectivity index (χ4n) is 1.37. The zero-order valence-electron chi connectivity index (χ0n) is 8.95. The number of ether oxygens (including phenoxy) is 1. The van der Waals surface area contributed by atoms with E-state index < -0.39 is 10.1 Å². The molecule has 0 aliphatic heterocycles. The van der Waals surface area contributed by atoms with Gasteiger partial charge < -0.3 is 4.74 Å². The molecule has 1 N–H and O–H groups in total. The third-order valence-corrected chi connectivity index (χ3v) is 5.07. The zero-order chi connectivity index (χ0) is 13.3. The molecule has 0 spiro atoms. The van der Waals surface area contributed by atoms with Gasteiger partial charge in [0.05, 0.1) is 9.60 Å². The normalized spacial score (nSPS) is 11.4. The number of hydrogen-bond donors (Lipinski definition) is 1. The van der Waals surface area contributed by atoms with Gasteiger partial charge in [0.15, 0.2) is 5.75 Å². The summed E-state index contributed by atoms with van der Waals surface area (Å²) in [6.07, 6.45) is 3.31. The summed E-state index contributed by atoms with van der Waals surface area (Å²) in [6.45, 7) is 0. The van der Waals surface area contributed by atoms with E-state index in [1.807, 2.05) is 0 Å². The van der Waals surface area contributed by atoms with Crippen molar-refractivity contribution in [2.45, 2.75) is 9.24 Å². The van der Waals surface area contributed by atoms with Gasteiger partial charge in [-0.25, -0.2) is 4.98 Å². The molecule has 94 valence electrons. The molecule has 6 nitrogen and oxygen atoms in total. The Kier molecular flexibility index (Phi) is 3.45. The SMILES string of the molecule is CSc1c(OC#N)ccc2sc(S(=O)(=O)O)nc12. The number of fused-ring (bicyclic) bond motifs is 1. The number of nitriles is 1. The van der Waals surface area contributed by atoms with Crippen LogP contribution < -0.4 is 4.74 Å². The van der Waals surface area contributed by atoms with E-state index in [1.54, 1.807) is 24.6 Å². The molecule has 0 radical (unpaired) electrons. The largest absolute Gasteiger partial charge is 0.387 e. The highest BCUT2D eigenvalue weighted by molar-refractivity contribution is 7.99. The van der Waals surface area contributed by atoms with E-state index in [1.165, 1.54) is 11.8 Å². The first-order valence-electron chi connectivity index (χ1n) is 4.48. The van der Waals surface area contributed by atoms with E-state index in [0.717, 1.165) is 11.3 Å². The lowest BCUT2D eigenvalue weighted by Crippen LogP contribution is -1.96. The minimum absolute atomic E-state index is 0.310. The molecular formula is C9H6N2O4S3. The molecule has 0 amide bonds. The quantitative estimate of drug-likeness (QED) is 0.526. The topological polar surface area (TPSA) is 100 Å². The van der Waals surface area contributed by atoms with Gasteiger partial charge in [-0.1, -0.05) is 0 Å². The molecule has 1 heterocycles. The van der Waals surface area contributed by atoms with Crippen molar-refractivity contribution in [1.82, 2.24) is 4.98 Å². The third-order valence-electron chi connectivity index (χ3n) is 2.04. The van der Waals surface area contributed by atoms with Crippen molar-refractivity contribution in [3.8, 4) is 12.0 Å². The zero-order valence-corrected chi connectivity index (χ0v) is 11.4. The highest BCUT2D eigenvalue weighted by atomic mass is 32.3. The molecule has 2 aromatic rings. The maximum Gasteiger partial charge on any atom is 0.322 e. The summed E-state index contributed by atoms with van der Waals surface area (Å²) in [5.41, 5.74) is 0.396. The highest BCUT2D eigenvalue weighted by Gasteiger charge is 2.19. The molecule has 18 heavy (non-hydrogen) atoms. The van der Waals surface area contributed by atoms with Crippen LogP contribution >= 0.6 is 23.1 Å². The van der Waals surface area contributed by atoms with Crippen LogP contribution in [-0.4, -0.2) is 24.2 Å². The van der Waals surface area contributed by atoms with Crippen LogP contribution in [-0.2, 0) is 10.1 Å². The first-order chi connectivity index (χ1) is 8.47. The van der Waals surface area contributed by atoms with Crippen LogP contribution in [0.1, 0.15) is 0 Å². The molecule has 2 rings (SSSR count). The second-order valence-corrected chi connectivity index (χ2v) is 6.53. The van der Waals surface area contributed by atoms with Crippen molar-refractivity contribution in [1.29, 1.82) is 5.26 Å². The summed E-state index contributed by atoms with van der Waals surface area (Å²) in [5.74, 6) is 0.310. The van der Waals surface area contributed by atoms with Gasteiger partial charge in [-0.2, -0.15) is 8.42 Å². The van der Waals surface area contributed by atoms with Gasteiger partial charge in [-0.05, 0) is 18.4 Å². The molecule has 0 aliphatic carbocycles. The highest BCUT2D eigenvalue weighted by Crippen LogP contribution is 2.38. The minimum atomic E-state index is -4.32. The van der Waals surface area contributed by atoms with Crippen LogP contribution in [0.5, 0.6) is 5.75 Å². The number of thioether (sulfide) groups is 1. The lowest BCUT2D eigenvalue weighted by atomic mass is 10.3. The molecule has 1 aromatic heterocycles. The molecule has 1 aromatic carbocycles. The number of aromatic nitrogens is 1. The number of rotatable bonds is 3. The average Bonchev–Trinajstić information content (AvgIpc) is 2.72. The van der Waals surface area contributed by atoms with E-state index in [2.05, 4.69) is 4.98 Å². The Balaban J connectivity index is 2.74. The predicted molar refractivity (Wildman–Crippen MR) is 67.5 cm³/mol. The van der Waals surface area contributed by atoms with Crippen molar-refractivity contribution in [3.63, 3.8) is 0 Å². The fourth-order valence-corrected chi connectivity index (χ4v) is 3.70. The van der Waals surface area contributed by atoms with Crippen molar-refractivity contribution >= 4 is 43.4 Å². The van der Waals surface area contributed by atoms with Gasteiger partial charge in [-0.15, -0.1) is 28.4 Å². The second kappa shape index (κ2) is 4.74. The first-order valence-corrected chi connectivity index (χ1v) is 7.96. The van der Waals surface area contributed by atoms with Crippen LogP contribution in [0, 0.1) is 11.5 Å². The van der Waals surface area contributed by atoms with Crippen LogP contribution in [0.2, 0.25) is 0 Å². The monoisotopic (exact) mass is 302 g/mol. The van der Waals surface area contributed by atoms with Gasteiger partial charge in [0.25, 0.3) is 6.26 Å². The van der Waals surface area contributed by atoms with E-state index in [4.69, 9.17) is 14.6 Å². The summed E-state index contributed by atoms with van der Waals surface area (Å²) in [6, 6.07) is 3.15. The lowest BCUT2D eigenvalue weighted by molar-refractivity contribution is 0.482. The second-order valence-electron chi connectivity index (χ2n) is 3.09. The van der Waals surface area contributed by atoms with Crippen molar-refractivity contribution in [2.75, 3.05) is 6.26 Å². The standard InChI is InChI=1S/C9H6N2O4S3/c1-16-8-5(15-4-10)2-3-6-7(8)11-9(17-6)18(12,13)14/h2-3H,1H3,(H,12,13,14). The lowest BCUT2D eigenvalue weighted by Gasteiger charge is -2.03. The Morgan fingerprint density at radius 2 is 2.28 bits per heavy atom. The number of nitrogens with zero attached hydrogens (tertiary/aromatic N) is 2.